The molecule has 0 aromatic carbocycles. The van der Waals surface area contributed by atoms with Crippen molar-refractivity contribution in [1.29, 1.82) is 0 Å². The van der Waals surface area contributed by atoms with Crippen molar-refractivity contribution in [3.63, 3.8) is 0 Å². The molecule has 1 amide bonds. The average molecular weight is 210 g/mol. The Hall–Kier alpha value is -0.830. The molecule has 0 bridgehead atoms. The SMILES string of the molecule is CCC(C)NC(C(N)=O)C1CC=CCC1. The molecule has 3 heteroatoms. The first-order valence-electron chi connectivity index (χ1n) is 5.85. The summed E-state index contributed by atoms with van der Waals surface area (Å²) in [6, 6.07) is 0.193. The van der Waals surface area contributed by atoms with E-state index in [1.54, 1.807) is 0 Å². The Labute approximate surface area is 92.1 Å². The van der Waals surface area contributed by atoms with E-state index in [-0.39, 0.29) is 11.9 Å². The minimum Gasteiger partial charge on any atom is -0.368 e. The molecule has 0 spiro atoms. The molecule has 3 unspecified atom stereocenters. The second-order valence-electron chi connectivity index (χ2n) is 4.40. The zero-order valence-corrected chi connectivity index (χ0v) is 9.70. The number of amides is 1. The van der Waals surface area contributed by atoms with Crippen molar-refractivity contribution in [2.45, 2.75) is 51.6 Å². The molecule has 1 aliphatic rings. The molecule has 0 saturated carbocycles. The number of hydrogen-bond acceptors (Lipinski definition) is 2. The molecule has 3 nitrogen and oxygen atoms in total. The van der Waals surface area contributed by atoms with Gasteiger partial charge in [0.15, 0.2) is 0 Å². The maximum absolute atomic E-state index is 11.4. The maximum atomic E-state index is 11.4. The number of rotatable bonds is 5. The largest absolute Gasteiger partial charge is 0.368 e. The second kappa shape index (κ2) is 5.91. The lowest BCUT2D eigenvalue weighted by Crippen LogP contribution is -2.50. The van der Waals surface area contributed by atoms with E-state index in [9.17, 15) is 4.79 Å². The van der Waals surface area contributed by atoms with Crippen LogP contribution < -0.4 is 11.1 Å². The van der Waals surface area contributed by atoms with Crippen LogP contribution in [-0.2, 0) is 4.79 Å². The fourth-order valence-electron chi connectivity index (χ4n) is 1.99. The van der Waals surface area contributed by atoms with Crippen LogP contribution in [-0.4, -0.2) is 18.0 Å². The minimum absolute atomic E-state index is 0.162. The lowest BCUT2D eigenvalue weighted by Gasteiger charge is -2.28. The van der Waals surface area contributed by atoms with Gasteiger partial charge < -0.3 is 11.1 Å². The van der Waals surface area contributed by atoms with Crippen molar-refractivity contribution < 1.29 is 4.79 Å². The predicted molar refractivity (Wildman–Crippen MR) is 62.4 cm³/mol. The number of carbonyl (C=O) groups is 1. The molecule has 86 valence electrons. The van der Waals surface area contributed by atoms with Crippen molar-refractivity contribution >= 4 is 5.91 Å². The van der Waals surface area contributed by atoms with Crippen LogP contribution in [0.5, 0.6) is 0 Å². The first kappa shape index (κ1) is 12.2. The third kappa shape index (κ3) is 3.67. The molecule has 0 aromatic rings. The van der Waals surface area contributed by atoms with E-state index >= 15 is 0 Å². The molecule has 0 heterocycles. The summed E-state index contributed by atoms with van der Waals surface area (Å²) < 4.78 is 0. The number of nitrogens with two attached hydrogens (primary N) is 1. The van der Waals surface area contributed by atoms with E-state index in [0.717, 1.165) is 25.7 Å². The first-order chi connectivity index (χ1) is 7.15. The molecule has 0 radical (unpaired) electrons. The van der Waals surface area contributed by atoms with Crippen LogP contribution in [0.25, 0.3) is 0 Å². The van der Waals surface area contributed by atoms with Crippen molar-refractivity contribution in [2.24, 2.45) is 11.7 Å². The normalized spacial score (nSPS) is 24.8. The van der Waals surface area contributed by atoms with Crippen LogP contribution in [0.2, 0.25) is 0 Å². The Morgan fingerprint density at radius 3 is 2.80 bits per heavy atom. The van der Waals surface area contributed by atoms with Gasteiger partial charge in [-0.1, -0.05) is 19.1 Å². The van der Waals surface area contributed by atoms with Gasteiger partial charge in [0.05, 0.1) is 6.04 Å². The summed E-state index contributed by atoms with van der Waals surface area (Å²) in [7, 11) is 0. The average Bonchev–Trinajstić information content (AvgIpc) is 2.26. The monoisotopic (exact) mass is 210 g/mol. The summed E-state index contributed by atoms with van der Waals surface area (Å²) in [6.07, 6.45) is 8.45. The van der Waals surface area contributed by atoms with Crippen LogP contribution in [0.1, 0.15) is 39.5 Å². The quantitative estimate of drug-likeness (QED) is 0.677. The highest BCUT2D eigenvalue weighted by atomic mass is 16.1. The van der Waals surface area contributed by atoms with E-state index in [2.05, 4.69) is 31.3 Å². The van der Waals surface area contributed by atoms with Crippen LogP contribution in [0.4, 0.5) is 0 Å². The molecule has 0 aliphatic heterocycles. The minimum atomic E-state index is -0.212. The van der Waals surface area contributed by atoms with Gasteiger partial charge in [0.25, 0.3) is 0 Å². The highest BCUT2D eigenvalue weighted by Crippen LogP contribution is 2.22. The molecule has 0 fully saturated rings. The van der Waals surface area contributed by atoms with Gasteiger partial charge in [0.2, 0.25) is 5.91 Å². The molecule has 1 aliphatic carbocycles. The molecular formula is C12H22N2O. The molecule has 0 saturated heterocycles. The standard InChI is InChI=1S/C12H22N2O/c1-3-9(2)14-11(12(13)15)10-7-5-4-6-8-10/h4-5,9-11,14H,3,6-8H2,1-2H3,(H2,13,15). The Morgan fingerprint density at radius 2 is 2.33 bits per heavy atom. The summed E-state index contributed by atoms with van der Waals surface area (Å²) in [5.41, 5.74) is 5.45. The first-order valence-corrected chi connectivity index (χ1v) is 5.85. The summed E-state index contributed by atoms with van der Waals surface area (Å²) in [5, 5.41) is 3.33. The van der Waals surface area contributed by atoms with Crippen LogP contribution in [0, 0.1) is 5.92 Å². The Balaban J connectivity index is 2.56. The van der Waals surface area contributed by atoms with E-state index in [4.69, 9.17) is 5.73 Å². The highest BCUT2D eigenvalue weighted by molar-refractivity contribution is 5.80. The maximum Gasteiger partial charge on any atom is 0.234 e. The van der Waals surface area contributed by atoms with E-state index in [1.165, 1.54) is 0 Å². The molecule has 3 N–H and O–H groups in total. The lowest BCUT2D eigenvalue weighted by molar-refractivity contribution is -0.121. The number of primary amides is 1. The second-order valence-corrected chi connectivity index (χ2v) is 4.40. The Morgan fingerprint density at radius 1 is 1.60 bits per heavy atom. The van der Waals surface area contributed by atoms with Gasteiger partial charge >= 0.3 is 0 Å². The van der Waals surface area contributed by atoms with E-state index < -0.39 is 0 Å². The fraction of sp³-hybridized carbons (Fsp3) is 0.750. The van der Waals surface area contributed by atoms with Gasteiger partial charge in [0, 0.05) is 6.04 Å². The topological polar surface area (TPSA) is 55.1 Å². The number of allylic oxidation sites excluding steroid dienone is 2. The van der Waals surface area contributed by atoms with Crippen LogP contribution in [0.3, 0.4) is 0 Å². The third-order valence-electron chi connectivity index (χ3n) is 3.16. The van der Waals surface area contributed by atoms with Gasteiger partial charge in [-0.05, 0) is 38.5 Å². The van der Waals surface area contributed by atoms with Gasteiger partial charge in [-0.25, -0.2) is 0 Å². The zero-order valence-electron chi connectivity index (χ0n) is 9.70. The zero-order chi connectivity index (χ0) is 11.3. The van der Waals surface area contributed by atoms with Crippen molar-refractivity contribution in [3.05, 3.63) is 12.2 Å². The lowest BCUT2D eigenvalue weighted by atomic mass is 9.87. The Bertz CT molecular complexity index is 238. The van der Waals surface area contributed by atoms with Crippen molar-refractivity contribution in [1.82, 2.24) is 5.32 Å². The van der Waals surface area contributed by atoms with E-state index in [0.29, 0.717) is 12.0 Å². The molecular weight excluding hydrogens is 188 g/mol. The molecule has 1 rings (SSSR count). The Kier molecular flexibility index (Phi) is 4.82. The summed E-state index contributed by atoms with van der Waals surface area (Å²) in [5.74, 6) is 0.164. The smallest absolute Gasteiger partial charge is 0.234 e. The fourth-order valence-corrected chi connectivity index (χ4v) is 1.99. The van der Waals surface area contributed by atoms with Crippen LogP contribution in [0.15, 0.2) is 12.2 Å². The predicted octanol–water partition coefficient (Wildman–Crippen LogP) is 1.58. The number of carbonyl (C=O) groups excluding carboxylic acids is 1. The van der Waals surface area contributed by atoms with E-state index in [1.807, 2.05) is 0 Å². The molecule has 15 heavy (non-hydrogen) atoms. The van der Waals surface area contributed by atoms with Gasteiger partial charge in [0.1, 0.15) is 0 Å². The summed E-state index contributed by atoms with van der Waals surface area (Å²) in [4.78, 5) is 11.4. The summed E-state index contributed by atoms with van der Waals surface area (Å²) in [6.45, 7) is 4.20. The number of nitrogens with one attached hydrogen (secondary N) is 1. The number of hydrogen-bond donors (Lipinski definition) is 2. The third-order valence-corrected chi connectivity index (χ3v) is 3.16. The highest BCUT2D eigenvalue weighted by Gasteiger charge is 2.26. The van der Waals surface area contributed by atoms with Gasteiger partial charge in [-0.3, -0.25) is 4.79 Å². The van der Waals surface area contributed by atoms with Crippen molar-refractivity contribution in [2.75, 3.05) is 0 Å². The summed E-state index contributed by atoms with van der Waals surface area (Å²) >= 11 is 0. The van der Waals surface area contributed by atoms with Gasteiger partial charge in [-0.2, -0.15) is 0 Å². The van der Waals surface area contributed by atoms with Gasteiger partial charge in [-0.15, -0.1) is 0 Å². The van der Waals surface area contributed by atoms with Crippen LogP contribution >= 0.6 is 0 Å². The van der Waals surface area contributed by atoms with Crippen molar-refractivity contribution in [3.8, 4) is 0 Å². The molecule has 0 aromatic heterocycles. The molecule has 3 atom stereocenters.